The molecule has 1 saturated carbocycles. The van der Waals surface area contributed by atoms with Gasteiger partial charge in [-0.25, -0.2) is 13.1 Å². The van der Waals surface area contributed by atoms with Crippen LogP contribution in [0.25, 0.3) is 0 Å². The van der Waals surface area contributed by atoms with Crippen molar-refractivity contribution in [1.29, 1.82) is 0 Å². The Morgan fingerprint density at radius 1 is 1.28 bits per heavy atom. The molecule has 0 aromatic carbocycles. The summed E-state index contributed by atoms with van der Waals surface area (Å²) in [5, 5.41) is 9.09. The molecular weight excluding hydrogens is 252 g/mol. The second-order valence-electron chi connectivity index (χ2n) is 5.21. The van der Waals surface area contributed by atoms with Crippen LogP contribution in [0.2, 0.25) is 0 Å². The van der Waals surface area contributed by atoms with Crippen LogP contribution in [0.4, 0.5) is 0 Å². The predicted molar refractivity (Wildman–Crippen MR) is 72.9 cm³/mol. The Hall–Kier alpha value is -0.170. The summed E-state index contributed by atoms with van der Waals surface area (Å²) in [6, 6.07) is 0.546. The van der Waals surface area contributed by atoms with E-state index in [1.807, 2.05) is 0 Å². The third-order valence-electron chi connectivity index (χ3n) is 3.93. The Bertz CT molecular complexity index is 324. The quantitative estimate of drug-likeness (QED) is 0.707. The first-order valence-corrected chi connectivity index (χ1v) is 8.36. The van der Waals surface area contributed by atoms with Gasteiger partial charge in [0, 0.05) is 12.6 Å². The molecule has 0 aromatic heterocycles. The molecule has 6 heteroatoms. The highest BCUT2D eigenvalue weighted by Gasteiger charge is 2.23. The van der Waals surface area contributed by atoms with E-state index < -0.39 is 10.0 Å². The zero-order chi connectivity index (χ0) is 13.6. The van der Waals surface area contributed by atoms with Crippen molar-refractivity contribution in [2.75, 3.05) is 33.0 Å². The van der Waals surface area contributed by atoms with E-state index in [1.165, 1.54) is 7.05 Å². The maximum atomic E-state index is 11.3. The highest BCUT2D eigenvalue weighted by molar-refractivity contribution is 7.89. The van der Waals surface area contributed by atoms with Crippen LogP contribution in [0, 0.1) is 5.92 Å². The van der Waals surface area contributed by atoms with Gasteiger partial charge in [0.25, 0.3) is 0 Å². The molecule has 0 atom stereocenters. The van der Waals surface area contributed by atoms with Gasteiger partial charge in [-0.3, -0.25) is 0 Å². The van der Waals surface area contributed by atoms with Crippen molar-refractivity contribution in [1.82, 2.24) is 9.62 Å². The van der Waals surface area contributed by atoms with Gasteiger partial charge in [0.15, 0.2) is 0 Å². The molecule has 0 radical (unpaired) electrons. The van der Waals surface area contributed by atoms with Crippen LogP contribution >= 0.6 is 0 Å². The minimum absolute atomic E-state index is 0.194. The SMILES string of the molecule is CNS(=O)(=O)CCCN(C)C1CCC(CO)CC1. The Morgan fingerprint density at radius 2 is 1.89 bits per heavy atom. The van der Waals surface area contributed by atoms with E-state index in [1.54, 1.807) is 0 Å². The van der Waals surface area contributed by atoms with Gasteiger partial charge in [-0.1, -0.05) is 0 Å². The maximum absolute atomic E-state index is 11.3. The van der Waals surface area contributed by atoms with Gasteiger partial charge < -0.3 is 10.0 Å². The van der Waals surface area contributed by atoms with Crippen LogP contribution in [-0.4, -0.2) is 57.5 Å². The topological polar surface area (TPSA) is 69.6 Å². The van der Waals surface area contributed by atoms with Gasteiger partial charge in [-0.05, 0) is 58.7 Å². The Kier molecular flexibility index (Phi) is 6.55. The first kappa shape index (κ1) is 15.9. The summed E-state index contributed by atoms with van der Waals surface area (Å²) in [5.74, 6) is 0.666. The lowest BCUT2D eigenvalue weighted by Gasteiger charge is -2.34. The van der Waals surface area contributed by atoms with Crippen molar-refractivity contribution in [3.63, 3.8) is 0 Å². The number of nitrogens with one attached hydrogen (secondary N) is 1. The molecule has 0 aliphatic heterocycles. The molecule has 1 aliphatic carbocycles. The molecule has 0 bridgehead atoms. The monoisotopic (exact) mass is 278 g/mol. The van der Waals surface area contributed by atoms with E-state index >= 15 is 0 Å². The molecule has 1 aliphatic rings. The molecule has 0 aromatic rings. The van der Waals surface area contributed by atoms with E-state index in [0.717, 1.165) is 32.2 Å². The van der Waals surface area contributed by atoms with Crippen LogP contribution in [0.15, 0.2) is 0 Å². The highest BCUT2D eigenvalue weighted by atomic mass is 32.2. The lowest BCUT2D eigenvalue weighted by atomic mass is 9.86. The van der Waals surface area contributed by atoms with Crippen molar-refractivity contribution < 1.29 is 13.5 Å². The summed E-state index contributed by atoms with van der Waals surface area (Å²) in [5.41, 5.74) is 0. The van der Waals surface area contributed by atoms with Crippen LogP contribution in [-0.2, 0) is 10.0 Å². The van der Waals surface area contributed by atoms with Gasteiger partial charge in [0.05, 0.1) is 5.75 Å². The number of hydrogen-bond donors (Lipinski definition) is 2. The first-order chi connectivity index (χ1) is 8.48. The lowest BCUT2D eigenvalue weighted by Crippen LogP contribution is -2.37. The third-order valence-corrected chi connectivity index (χ3v) is 5.38. The Labute approximate surface area is 111 Å². The molecule has 2 N–H and O–H groups in total. The molecule has 0 amide bonds. The van der Waals surface area contributed by atoms with E-state index in [2.05, 4.69) is 16.7 Å². The molecule has 0 heterocycles. The van der Waals surface area contributed by atoms with Crippen LogP contribution < -0.4 is 4.72 Å². The average molecular weight is 278 g/mol. The van der Waals surface area contributed by atoms with Crippen molar-refractivity contribution in [2.45, 2.75) is 38.1 Å². The summed E-state index contributed by atoms with van der Waals surface area (Å²) in [6.07, 6.45) is 5.06. The smallest absolute Gasteiger partial charge is 0.211 e. The Balaban J connectivity index is 2.23. The molecule has 0 spiro atoms. The summed E-state index contributed by atoms with van der Waals surface area (Å²) < 4.78 is 24.9. The average Bonchev–Trinajstić information content (AvgIpc) is 2.38. The minimum Gasteiger partial charge on any atom is -0.396 e. The number of hydrogen-bond acceptors (Lipinski definition) is 4. The molecule has 5 nitrogen and oxygen atoms in total. The largest absolute Gasteiger partial charge is 0.396 e. The number of aliphatic hydroxyl groups is 1. The fourth-order valence-corrected chi connectivity index (χ4v) is 3.27. The lowest BCUT2D eigenvalue weighted by molar-refractivity contribution is 0.128. The standard InChI is InChI=1S/C12H26N2O3S/c1-13-18(16,17)9-3-8-14(2)12-6-4-11(10-15)5-7-12/h11-13,15H,3-10H2,1-2H3. The molecule has 0 saturated heterocycles. The van der Waals surface area contributed by atoms with Crippen molar-refractivity contribution in [3.8, 4) is 0 Å². The van der Waals surface area contributed by atoms with Crippen molar-refractivity contribution in [2.24, 2.45) is 5.92 Å². The van der Waals surface area contributed by atoms with Gasteiger partial charge >= 0.3 is 0 Å². The van der Waals surface area contributed by atoms with E-state index in [4.69, 9.17) is 5.11 Å². The maximum Gasteiger partial charge on any atom is 0.211 e. The predicted octanol–water partition coefficient (Wildman–Crippen LogP) is 0.409. The number of aliphatic hydroxyl groups excluding tert-OH is 1. The second kappa shape index (κ2) is 7.43. The van der Waals surface area contributed by atoms with E-state index in [9.17, 15) is 8.42 Å². The summed E-state index contributed by atoms with van der Waals surface area (Å²) in [6.45, 7) is 1.12. The molecular formula is C12H26N2O3S. The number of nitrogens with zero attached hydrogens (tertiary/aromatic N) is 1. The van der Waals surface area contributed by atoms with E-state index in [0.29, 0.717) is 25.0 Å². The minimum atomic E-state index is -3.07. The summed E-state index contributed by atoms with van der Waals surface area (Å²) in [7, 11) is 0.451. The highest BCUT2D eigenvalue weighted by Crippen LogP contribution is 2.26. The van der Waals surface area contributed by atoms with E-state index in [-0.39, 0.29) is 5.75 Å². The summed E-state index contributed by atoms with van der Waals surface area (Å²) in [4.78, 5) is 2.26. The normalized spacial score (nSPS) is 25.6. The van der Waals surface area contributed by atoms with Gasteiger partial charge in [-0.2, -0.15) is 0 Å². The van der Waals surface area contributed by atoms with Crippen LogP contribution in [0.1, 0.15) is 32.1 Å². The fourth-order valence-electron chi connectivity index (χ4n) is 2.56. The van der Waals surface area contributed by atoms with Crippen LogP contribution in [0.3, 0.4) is 0 Å². The zero-order valence-corrected chi connectivity index (χ0v) is 12.2. The molecule has 18 heavy (non-hydrogen) atoms. The van der Waals surface area contributed by atoms with Gasteiger partial charge in [0.2, 0.25) is 10.0 Å². The van der Waals surface area contributed by atoms with Gasteiger partial charge in [0.1, 0.15) is 0 Å². The van der Waals surface area contributed by atoms with Crippen LogP contribution in [0.5, 0.6) is 0 Å². The van der Waals surface area contributed by atoms with Crippen molar-refractivity contribution >= 4 is 10.0 Å². The van der Waals surface area contributed by atoms with Gasteiger partial charge in [-0.15, -0.1) is 0 Å². The molecule has 1 fully saturated rings. The zero-order valence-electron chi connectivity index (χ0n) is 11.4. The summed E-state index contributed by atoms with van der Waals surface area (Å²) >= 11 is 0. The van der Waals surface area contributed by atoms with Crippen molar-refractivity contribution in [3.05, 3.63) is 0 Å². The number of sulfonamides is 1. The third kappa shape index (κ3) is 5.22. The fraction of sp³-hybridized carbons (Fsp3) is 1.00. The second-order valence-corrected chi connectivity index (χ2v) is 7.26. The first-order valence-electron chi connectivity index (χ1n) is 6.71. The Morgan fingerprint density at radius 3 is 2.39 bits per heavy atom. The molecule has 0 unspecified atom stereocenters. The molecule has 1 rings (SSSR count). The molecule has 108 valence electrons. The number of rotatable bonds is 7.